The summed E-state index contributed by atoms with van der Waals surface area (Å²) in [4.78, 5) is 11.9. The normalized spacial score (nSPS) is 12.2. The minimum atomic E-state index is -4.39. The Bertz CT molecular complexity index is 1900. The first-order chi connectivity index (χ1) is 21.2. The van der Waals surface area contributed by atoms with Crippen LogP contribution in [0.15, 0.2) is 133 Å². The third-order valence-corrected chi connectivity index (χ3v) is 7.60. The van der Waals surface area contributed by atoms with Crippen molar-refractivity contribution in [2.45, 2.75) is 25.2 Å². The molecule has 1 aromatic heterocycles. The highest BCUT2D eigenvalue weighted by molar-refractivity contribution is 5.88. The van der Waals surface area contributed by atoms with E-state index in [0.717, 1.165) is 56.5 Å². The Morgan fingerprint density at radius 1 is 0.682 bits per heavy atom. The van der Waals surface area contributed by atoms with Gasteiger partial charge < -0.3 is 14.4 Å². The van der Waals surface area contributed by atoms with Gasteiger partial charge in [0.1, 0.15) is 5.75 Å². The van der Waals surface area contributed by atoms with Crippen molar-refractivity contribution in [1.82, 2.24) is 4.57 Å². The summed E-state index contributed by atoms with van der Waals surface area (Å²) in [5.74, 6) is -0.571. The quantitative estimate of drug-likeness (QED) is 0.182. The molecule has 0 aliphatic heterocycles. The van der Waals surface area contributed by atoms with Crippen LogP contribution < -0.4 is 4.74 Å². The van der Waals surface area contributed by atoms with Crippen LogP contribution in [0.1, 0.15) is 16.7 Å². The summed E-state index contributed by atoms with van der Waals surface area (Å²) >= 11 is 0. The number of ether oxygens (including phenoxy) is 1. The maximum absolute atomic E-state index is 13.2. The number of benzene rings is 5. The molecule has 1 atom stereocenters. The lowest BCUT2D eigenvalue weighted by molar-refractivity contribution is -0.145. The number of halogens is 3. The van der Waals surface area contributed by atoms with Gasteiger partial charge in [-0.3, -0.25) is 0 Å². The van der Waals surface area contributed by atoms with Crippen LogP contribution in [0.25, 0.3) is 33.3 Å². The van der Waals surface area contributed by atoms with Crippen LogP contribution in [0.4, 0.5) is 13.2 Å². The number of alkyl halides is 3. The molecule has 220 valence electrons. The van der Waals surface area contributed by atoms with Crippen LogP contribution in [0, 0.1) is 0 Å². The number of hydrogen-bond acceptors (Lipinski definition) is 2. The van der Waals surface area contributed by atoms with E-state index in [2.05, 4.69) is 4.57 Å². The number of rotatable bonds is 9. The van der Waals surface area contributed by atoms with Crippen LogP contribution in [0.2, 0.25) is 0 Å². The first-order valence-electron chi connectivity index (χ1n) is 14.1. The Morgan fingerprint density at radius 2 is 1.30 bits per heavy atom. The summed E-state index contributed by atoms with van der Waals surface area (Å²) in [5, 5.41) is 11.6. The molecule has 0 saturated carbocycles. The van der Waals surface area contributed by atoms with E-state index in [9.17, 15) is 23.1 Å². The Hall–Kier alpha value is -5.30. The first-order valence-corrected chi connectivity index (χ1v) is 14.1. The van der Waals surface area contributed by atoms with Gasteiger partial charge in [0.15, 0.2) is 6.10 Å². The monoisotopic (exact) mass is 591 g/mol. The lowest BCUT2D eigenvalue weighted by Crippen LogP contribution is -2.29. The van der Waals surface area contributed by atoms with Crippen molar-refractivity contribution in [2.75, 3.05) is 0 Å². The van der Waals surface area contributed by atoms with Crippen LogP contribution in [-0.2, 0) is 23.9 Å². The molecule has 0 aliphatic carbocycles. The highest BCUT2D eigenvalue weighted by Gasteiger charge is 2.30. The molecule has 1 N–H and O–H groups in total. The molecule has 1 heterocycles. The van der Waals surface area contributed by atoms with Gasteiger partial charge >= 0.3 is 12.1 Å². The maximum atomic E-state index is 13.2. The molecular weight excluding hydrogens is 563 g/mol. The first kappa shape index (κ1) is 28.8. The van der Waals surface area contributed by atoms with E-state index in [1.54, 1.807) is 6.07 Å². The molecule has 44 heavy (non-hydrogen) atoms. The lowest BCUT2D eigenvalue weighted by Gasteiger charge is -2.17. The molecule has 6 rings (SSSR count). The molecule has 0 fully saturated rings. The average molecular weight is 592 g/mol. The van der Waals surface area contributed by atoms with Crippen LogP contribution in [0.5, 0.6) is 5.75 Å². The standard InChI is InChI=1S/C37H28F3NO3/c38-37(39,40)31-16-11-26(12-17-31)24-41-33(27-9-5-2-6-10-27)19-20-34(41)30-14-13-29-23-32(18-15-28(29)22-30)44-35(36(42)43)21-25-7-3-1-4-8-25/h1-20,22-23,35H,21,24H2,(H,42,43). The molecule has 7 heteroatoms. The van der Waals surface area contributed by atoms with E-state index >= 15 is 0 Å². The van der Waals surface area contributed by atoms with Crippen molar-refractivity contribution >= 4 is 16.7 Å². The van der Waals surface area contributed by atoms with Gasteiger partial charge in [-0.05, 0) is 75.5 Å². The van der Waals surface area contributed by atoms with E-state index < -0.39 is 23.8 Å². The molecular formula is C37H28F3NO3. The van der Waals surface area contributed by atoms with E-state index in [0.29, 0.717) is 12.3 Å². The van der Waals surface area contributed by atoms with Crippen molar-refractivity contribution in [1.29, 1.82) is 0 Å². The van der Waals surface area contributed by atoms with Gasteiger partial charge in [0, 0.05) is 24.4 Å². The predicted molar refractivity (Wildman–Crippen MR) is 166 cm³/mol. The van der Waals surface area contributed by atoms with Gasteiger partial charge in [-0.15, -0.1) is 0 Å². The highest BCUT2D eigenvalue weighted by atomic mass is 19.4. The van der Waals surface area contributed by atoms with E-state index in [4.69, 9.17) is 4.74 Å². The molecule has 0 bridgehead atoms. The Kier molecular flexibility index (Phi) is 7.94. The lowest BCUT2D eigenvalue weighted by atomic mass is 10.0. The zero-order valence-electron chi connectivity index (χ0n) is 23.5. The molecule has 0 radical (unpaired) electrons. The fourth-order valence-corrected chi connectivity index (χ4v) is 5.36. The van der Waals surface area contributed by atoms with Gasteiger partial charge in [0.05, 0.1) is 5.56 Å². The molecule has 0 aliphatic rings. The average Bonchev–Trinajstić information content (AvgIpc) is 3.44. The number of aromatic nitrogens is 1. The van der Waals surface area contributed by atoms with Crippen LogP contribution >= 0.6 is 0 Å². The fourth-order valence-electron chi connectivity index (χ4n) is 5.36. The third-order valence-electron chi connectivity index (χ3n) is 7.60. The molecule has 0 spiro atoms. The number of hydrogen-bond donors (Lipinski definition) is 1. The highest BCUT2D eigenvalue weighted by Crippen LogP contribution is 2.34. The predicted octanol–water partition coefficient (Wildman–Crippen LogP) is 9.12. The molecule has 5 aromatic carbocycles. The van der Waals surface area contributed by atoms with Crippen molar-refractivity contribution in [2.24, 2.45) is 0 Å². The van der Waals surface area contributed by atoms with Crippen LogP contribution in [0.3, 0.4) is 0 Å². The molecule has 1 unspecified atom stereocenters. The van der Waals surface area contributed by atoms with Crippen molar-refractivity contribution < 1.29 is 27.8 Å². The summed E-state index contributed by atoms with van der Waals surface area (Å²) in [6.07, 6.45) is -5.18. The van der Waals surface area contributed by atoms with Gasteiger partial charge in [-0.1, -0.05) is 91.0 Å². The SMILES string of the molecule is O=C(O)C(Cc1ccccc1)Oc1ccc2cc(-c3ccc(-c4ccccc4)n3Cc3ccc(C(F)(F)F)cc3)ccc2c1. The molecule has 0 amide bonds. The zero-order chi connectivity index (χ0) is 30.7. The number of carboxylic acid groups (broad SMARTS) is 1. The number of fused-ring (bicyclic) bond motifs is 1. The fraction of sp³-hybridized carbons (Fsp3) is 0.108. The van der Waals surface area contributed by atoms with Gasteiger partial charge in [-0.25, -0.2) is 4.79 Å². The maximum Gasteiger partial charge on any atom is 0.416 e. The van der Waals surface area contributed by atoms with Crippen molar-refractivity contribution in [3.05, 3.63) is 150 Å². The summed E-state index contributed by atoms with van der Waals surface area (Å²) < 4.78 is 47.5. The summed E-state index contributed by atoms with van der Waals surface area (Å²) in [6, 6.07) is 40.0. The van der Waals surface area contributed by atoms with E-state index in [1.165, 1.54) is 12.1 Å². The molecule has 4 nitrogen and oxygen atoms in total. The summed E-state index contributed by atoms with van der Waals surface area (Å²) in [5.41, 5.74) is 4.75. The second-order valence-corrected chi connectivity index (χ2v) is 10.6. The zero-order valence-corrected chi connectivity index (χ0v) is 23.5. The topological polar surface area (TPSA) is 51.5 Å². The van der Waals surface area contributed by atoms with Crippen molar-refractivity contribution in [3.63, 3.8) is 0 Å². The van der Waals surface area contributed by atoms with Crippen molar-refractivity contribution in [3.8, 4) is 28.3 Å². The second kappa shape index (κ2) is 12.1. The van der Waals surface area contributed by atoms with E-state index in [1.807, 2.05) is 103 Å². The smallest absolute Gasteiger partial charge is 0.416 e. The third kappa shape index (κ3) is 6.37. The largest absolute Gasteiger partial charge is 0.478 e. The summed E-state index contributed by atoms with van der Waals surface area (Å²) in [6.45, 7) is 0.382. The summed E-state index contributed by atoms with van der Waals surface area (Å²) in [7, 11) is 0. The van der Waals surface area contributed by atoms with Crippen LogP contribution in [-0.4, -0.2) is 21.7 Å². The Morgan fingerprint density at radius 3 is 1.95 bits per heavy atom. The number of aliphatic carboxylic acids is 1. The number of carboxylic acids is 1. The van der Waals surface area contributed by atoms with Gasteiger partial charge in [0.25, 0.3) is 0 Å². The molecule has 0 saturated heterocycles. The van der Waals surface area contributed by atoms with Gasteiger partial charge in [0.2, 0.25) is 0 Å². The minimum absolute atomic E-state index is 0.243. The number of carbonyl (C=O) groups is 1. The molecule has 6 aromatic rings. The Labute approximate surface area is 252 Å². The second-order valence-electron chi connectivity index (χ2n) is 10.6. The van der Waals surface area contributed by atoms with Gasteiger partial charge in [-0.2, -0.15) is 13.2 Å². The minimum Gasteiger partial charge on any atom is -0.478 e. The van der Waals surface area contributed by atoms with E-state index in [-0.39, 0.29) is 6.42 Å². The Balaban J connectivity index is 1.31. The number of nitrogens with zero attached hydrogens (tertiary/aromatic N) is 1.